The van der Waals surface area contributed by atoms with E-state index < -0.39 is 18.5 Å². The van der Waals surface area contributed by atoms with Crippen LogP contribution in [0, 0.1) is 0 Å². The molecule has 4 heteroatoms. The smallest absolute Gasteiger partial charge is 0.157 e. The molecule has 90 valence electrons. The third kappa shape index (κ3) is 4.93. The monoisotopic (exact) mass is 218 g/mol. The van der Waals surface area contributed by atoms with Crippen LogP contribution in [0.4, 0.5) is 0 Å². The third-order valence-corrected chi connectivity index (χ3v) is 2.88. The lowest BCUT2D eigenvalue weighted by Crippen LogP contribution is -2.24. The second kappa shape index (κ2) is 7.17. The Hall–Kier alpha value is -0.160. The van der Waals surface area contributed by atoms with Gasteiger partial charge in [-0.3, -0.25) is 0 Å². The first-order valence-corrected chi connectivity index (χ1v) is 5.86. The van der Waals surface area contributed by atoms with E-state index in [1.54, 1.807) is 0 Å². The number of hydrogen-bond acceptors (Lipinski definition) is 4. The molecule has 1 aliphatic carbocycles. The Bertz CT molecular complexity index is 147. The molecule has 1 saturated heterocycles. The SMILES string of the molecule is C1CCCCC1.OC[C@H]1OC(O)C[C@@H]1O. The minimum Gasteiger partial charge on any atom is -0.394 e. The summed E-state index contributed by atoms with van der Waals surface area (Å²) < 4.78 is 4.68. The van der Waals surface area contributed by atoms with E-state index in [2.05, 4.69) is 4.74 Å². The maximum Gasteiger partial charge on any atom is 0.157 e. The summed E-state index contributed by atoms with van der Waals surface area (Å²) in [6.45, 7) is -0.238. The molecule has 0 aromatic carbocycles. The quantitative estimate of drug-likeness (QED) is 0.608. The number of aliphatic hydroxyl groups is 3. The van der Waals surface area contributed by atoms with Gasteiger partial charge in [0, 0.05) is 6.42 Å². The fourth-order valence-corrected chi connectivity index (χ4v) is 1.93. The van der Waals surface area contributed by atoms with Gasteiger partial charge in [-0.2, -0.15) is 0 Å². The molecule has 0 spiro atoms. The first kappa shape index (κ1) is 12.9. The molecule has 0 radical (unpaired) electrons. The molecule has 0 bridgehead atoms. The Morgan fingerprint density at radius 2 is 1.40 bits per heavy atom. The van der Waals surface area contributed by atoms with Crippen molar-refractivity contribution in [1.82, 2.24) is 0 Å². The van der Waals surface area contributed by atoms with Crippen LogP contribution in [0.15, 0.2) is 0 Å². The highest BCUT2D eigenvalue weighted by atomic mass is 16.6. The summed E-state index contributed by atoms with van der Waals surface area (Å²) in [5.74, 6) is 0. The van der Waals surface area contributed by atoms with Crippen LogP contribution in [0.5, 0.6) is 0 Å². The van der Waals surface area contributed by atoms with Gasteiger partial charge in [0.05, 0.1) is 12.7 Å². The van der Waals surface area contributed by atoms with Crippen molar-refractivity contribution >= 4 is 0 Å². The lowest BCUT2D eigenvalue weighted by molar-refractivity contribution is -0.107. The summed E-state index contributed by atoms with van der Waals surface area (Å²) in [4.78, 5) is 0. The Morgan fingerprint density at radius 3 is 1.60 bits per heavy atom. The van der Waals surface area contributed by atoms with Gasteiger partial charge >= 0.3 is 0 Å². The van der Waals surface area contributed by atoms with E-state index in [-0.39, 0.29) is 13.0 Å². The van der Waals surface area contributed by atoms with E-state index in [0.717, 1.165) is 0 Å². The molecule has 1 aliphatic heterocycles. The Labute approximate surface area is 90.9 Å². The summed E-state index contributed by atoms with van der Waals surface area (Å²) >= 11 is 0. The van der Waals surface area contributed by atoms with Crippen molar-refractivity contribution in [2.45, 2.75) is 63.4 Å². The zero-order valence-electron chi connectivity index (χ0n) is 9.14. The predicted octanol–water partition coefficient (Wildman–Crippen LogP) is 0.787. The van der Waals surface area contributed by atoms with Crippen molar-refractivity contribution in [2.24, 2.45) is 0 Å². The van der Waals surface area contributed by atoms with Crippen molar-refractivity contribution in [3.63, 3.8) is 0 Å². The van der Waals surface area contributed by atoms with Gasteiger partial charge in [-0.15, -0.1) is 0 Å². The maximum atomic E-state index is 8.91. The molecule has 1 saturated carbocycles. The van der Waals surface area contributed by atoms with Gasteiger partial charge in [-0.1, -0.05) is 38.5 Å². The predicted molar refractivity (Wildman–Crippen MR) is 56.3 cm³/mol. The first-order valence-electron chi connectivity index (χ1n) is 5.86. The summed E-state index contributed by atoms with van der Waals surface area (Å²) in [5, 5.41) is 26.1. The normalized spacial score (nSPS) is 35.8. The van der Waals surface area contributed by atoms with Crippen molar-refractivity contribution < 1.29 is 20.1 Å². The summed E-state index contributed by atoms with van der Waals surface area (Å²) in [6, 6.07) is 0. The average Bonchev–Trinajstić information content (AvgIpc) is 2.60. The van der Waals surface area contributed by atoms with E-state index >= 15 is 0 Å². The molecule has 3 atom stereocenters. The van der Waals surface area contributed by atoms with Crippen LogP contribution >= 0.6 is 0 Å². The lowest BCUT2D eigenvalue weighted by Gasteiger charge is -2.08. The van der Waals surface area contributed by atoms with E-state index in [9.17, 15) is 0 Å². The van der Waals surface area contributed by atoms with E-state index in [4.69, 9.17) is 15.3 Å². The van der Waals surface area contributed by atoms with Crippen LogP contribution in [0.2, 0.25) is 0 Å². The summed E-state index contributed by atoms with van der Waals surface area (Å²) in [6.07, 6.45) is 6.98. The minimum atomic E-state index is -0.905. The van der Waals surface area contributed by atoms with Crippen LogP contribution < -0.4 is 0 Å². The van der Waals surface area contributed by atoms with Gasteiger partial charge in [0.1, 0.15) is 6.10 Å². The highest BCUT2D eigenvalue weighted by Gasteiger charge is 2.31. The molecule has 0 aromatic rings. The molecule has 0 amide bonds. The molecule has 15 heavy (non-hydrogen) atoms. The van der Waals surface area contributed by atoms with Crippen LogP contribution in [0.1, 0.15) is 44.9 Å². The fourth-order valence-electron chi connectivity index (χ4n) is 1.93. The topological polar surface area (TPSA) is 69.9 Å². The Kier molecular flexibility index (Phi) is 6.17. The number of rotatable bonds is 1. The van der Waals surface area contributed by atoms with Gasteiger partial charge in [-0.05, 0) is 0 Å². The van der Waals surface area contributed by atoms with Crippen LogP contribution in [0.3, 0.4) is 0 Å². The molecule has 0 aromatic heterocycles. The minimum absolute atomic E-state index is 0.200. The number of ether oxygens (including phenoxy) is 1. The summed E-state index contributed by atoms with van der Waals surface area (Å²) in [7, 11) is 0. The van der Waals surface area contributed by atoms with Gasteiger partial charge < -0.3 is 20.1 Å². The standard InChI is InChI=1S/C6H12.C5H10O4/c1-2-4-6-5-3-1;6-2-4-3(7)1-5(8)9-4/h1-6H2;3-8H,1-2H2/t;3-,4+,5?/m.0/s1. The van der Waals surface area contributed by atoms with E-state index in [0.29, 0.717) is 0 Å². The largest absolute Gasteiger partial charge is 0.394 e. The Morgan fingerprint density at radius 1 is 0.933 bits per heavy atom. The van der Waals surface area contributed by atoms with Gasteiger partial charge in [0.25, 0.3) is 0 Å². The molecule has 1 unspecified atom stereocenters. The van der Waals surface area contributed by atoms with Crippen molar-refractivity contribution in [3.05, 3.63) is 0 Å². The Balaban J connectivity index is 0.000000162. The van der Waals surface area contributed by atoms with E-state index in [1.807, 2.05) is 0 Å². The number of aliphatic hydroxyl groups excluding tert-OH is 3. The van der Waals surface area contributed by atoms with Crippen LogP contribution in [-0.2, 0) is 4.74 Å². The van der Waals surface area contributed by atoms with Crippen molar-refractivity contribution in [3.8, 4) is 0 Å². The average molecular weight is 218 g/mol. The molecule has 3 N–H and O–H groups in total. The number of hydrogen-bond donors (Lipinski definition) is 3. The van der Waals surface area contributed by atoms with Gasteiger partial charge in [0.2, 0.25) is 0 Å². The highest BCUT2D eigenvalue weighted by Crippen LogP contribution is 2.17. The van der Waals surface area contributed by atoms with Gasteiger partial charge in [-0.25, -0.2) is 0 Å². The second-order valence-corrected chi connectivity index (χ2v) is 4.24. The zero-order valence-corrected chi connectivity index (χ0v) is 9.14. The zero-order chi connectivity index (χ0) is 11.1. The van der Waals surface area contributed by atoms with Gasteiger partial charge in [0.15, 0.2) is 6.29 Å². The van der Waals surface area contributed by atoms with Crippen molar-refractivity contribution in [2.75, 3.05) is 6.61 Å². The molecule has 1 heterocycles. The molecule has 4 nitrogen and oxygen atoms in total. The molecule has 2 rings (SSSR count). The molecular weight excluding hydrogens is 196 g/mol. The molecule has 2 fully saturated rings. The van der Waals surface area contributed by atoms with Crippen molar-refractivity contribution in [1.29, 1.82) is 0 Å². The second-order valence-electron chi connectivity index (χ2n) is 4.24. The maximum absolute atomic E-state index is 8.91. The van der Waals surface area contributed by atoms with E-state index in [1.165, 1.54) is 38.5 Å². The highest BCUT2D eigenvalue weighted by molar-refractivity contribution is 4.75. The fraction of sp³-hybridized carbons (Fsp3) is 1.00. The molecular formula is C11H22O4. The van der Waals surface area contributed by atoms with Crippen LogP contribution in [0.25, 0.3) is 0 Å². The lowest BCUT2D eigenvalue weighted by atomic mass is 10.0. The van der Waals surface area contributed by atoms with Crippen LogP contribution in [-0.4, -0.2) is 40.4 Å². The third-order valence-electron chi connectivity index (χ3n) is 2.88. The first-order chi connectivity index (χ1) is 7.24. The summed E-state index contributed by atoms with van der Waals surface area (Å²) in [5.41, 5.74) is 0. The molecule has 2 aliphatic rings.